The van der Waals surface area contributed by atoms with Crippen molar-refractivity contribution < 1.29 is 9.13 Å². The lowest BCUT2D eigenvalue weighted by Crippen LogP contribution is -2.41. The van der Waals surface area contributed by atoms with Gasteiger partial charge < -0.3 is 10.5 Å². The summed E-state index contributed by atoms with van der Waals surface area (Å²) in [7, 11) is 1.70. The van der Waals surface area contributed by atoms with Crippen LogP contribution in [0.3, 0.4) is 0 Å². The smallest absolute Gasteiger partial charge is 0.137 e. The number of nitrogens with zero attached hydrogens (tertiary/aromatic N) is 1. The Balaban J connectivity index is 3.01. The minimum atomic E-state index is -0.253. The van der Waals surface area contributed by atoms with E-state index >= 15 is 0 Å². The van der Waals surface area contributed by atoms with Gasteiger partial charge in [-0.2, -0.15) is 0 Å². The summed E-state index contributed by atoms with van der Waals surface area (Å²) in [5, 5.41) is 0. The summed E-state index contributed by atoms with van der Waals surface area (Å²) in [6.07, 6.45) is 1.03. The molecule has 0 aliphatic carbocycles. The zero-order valence-electron chi connectivity index (χ0n) is 12.4. The third-order valence-corrected chi connectivity index (χ3v) is 4.27. The molecule has 2 unspecified atom stereocenters. The van der Waals surface area contributed by atoms with Crippen LogP contribution in [0.4, 0.5) is 4.39 Å². The molecule has 0 bridgehead atoms. The van der Waals surface area contributed by atoms with Crippen molar-refractivity contribution in [2.75, 3.05) is 26.8 Å². The van der Waals surface area contributed by atoms with Crippen LogP contribution in [0.1, 0.15) is 31.9 Å². The molecular formula is C15H24BrFN2O. The topological polar surface area (TPSA) is 38.5 Å². The Morgan fingerprint density at radius 1 is 1.45 bits per heavy atom. The van der Waals surface area contributed by atoms with E-state index in [1.54, 1.807) is 13.2 Å². The molecule has 2 N–H and O–H groups in total. The Kier molecular flexibility index (Phi) is 7.66. The first kappa shape index (κ1) is 17.6. The van der Waals surface area contributed by atoms with E-state index in [0.29, 0.717) is 23.7 Å². The van der Waals surface area contributed by atoms with Crippen molar-refractivity contribution >= 4 is 15.9 Å². The number of benzene rings is 1. The van der Waals surface area contributed by atoms with E-state index in [1.807, 2.05) is 6.07 Å². The molecule has 3 nitrogen and oxygen atoms in total. The number of rotatable bonds is 8. The van der Waals surface area contributed by atoms with Gasteiger partial charge in [-0.05, 0) is 47.0 Å². The van der Waals surface area contributed by atoms with E-state index < -0.39 is 0 Å². The third-order valence-electron chi connectivity index (χ3n) is 3.66. The maximum Gasteiger partial charge on any atom is 0.137 e. The van der Waals surface area contributed by atoms with Crippen LogP contribution >= 0.6 is 15.9 Å². The van der Waals surface area contributed by atoms with Crippen molar-refractivity contribution in [1.29, 1.82) is 0 Å². The van der Waals surface area contributed by atoms with Gasteiger partial charge in [-0.15, -0.1) is 0 Å². The highest BCUT2D eigenvalue weighted by atomic mass is 79.9. The molecule has 0 saturated heterocycles. The van der Waals surface area contributed by atoms with Gasteiger partial charge >= 0.3 is 0 Å². The Morgan fingerprint density at radius 3 is 2.65 bits per heavy atom. The zero-order valence-corrected chi connectivity index (χ0v) is 14.0. The first-order chi connectivity index (χ1) is 9.54. The van der Waals surface area contributed by atoms with Gasteiger partial charge in [-0.3, -0.25) is 4.90 Å². The summed E-state index contributed by atoms with van der Waals surface area (Å²) in [5.74, 6) is -0.253. The molecule has 0 heterocycles. The molecule has 0 aliphatic rings. The molecule has 114 valence electrons. The lowest BCUT2D eigenvalue weighted by molar-refractivity contribution is 0.0902. The van der Waals surface area contributed by atoms with Crippen LogP contribution in [0.15, 0.2) is 22.7 Å². The molecule has 1 aromatic carbocycles. The summed E-state index contributed by atoms with van der Waals surface area (Å²) < 4.78 is 19.0. The van der Waals surface area contributed by atoms with Crippen LogP contribution in [0, 0.1) is 5.82 Å². The van der Waals surface area contributed by atoms with Crippen LogP contribution < -0.4 is 5.73 Å². The lowest BCUT2D eigenvalue weighted by atomic mass is 10.0. The fourth-order valence-corrected chi connectivity index (χ4v) is 2.69. The quantitative estimate of drug-likeness (QED) is 0.784. The van der Waals surface area contributed by atoms with Crippen molar-refractivity contribution in [3.63, 3.8) is 0 Å². The highest BCUT2D eigenvalue weighted by Gasteiger charge is 2.23. The van der Waals surface area contributed by atoms with E-state index in [4.69, 9.17) is 10.5 Å². The number of methoxy groups -OCH3 is 1. The Labute approximate surface area is 129 Å². The average Bonchev–Trinajstić information content (AvgIpc) is 2.46. The van der Waals surface area contributed by atoms with Gasteiger partial charge in [-0.25, -0.2) is 4.39 Å². The predicted octanol–water partition coefficient (Wildman–Crippen LogP) is 3.33. The van der Waals surface area contributed by atoms with E-state index in [-0.39, 0.29) is 11.9 Å². The van der Waals surface area contributed by atoms with Gasteiger partial charge in [0.15, 0.2) is 0 Å². The van der Waals surface area contributed by atoms with Crippen LogP contribution in [-0.4, -0.2) is 37.7 Å². The van der Waals surface area contributed by atoms with Gasteiger partial charge in [0.05, 0.1) is 11.1 Å². The van der Waals surface area contributed by atoms with E-state index in [0.717, 1.165) is 18.5 Å². The maximum atomic E-state index is 13.4. The summed E-state index contributed by atoms with van der Waals surface area (Å²) in [6, 6.07) is 5.56. The first-order valence-electron chi connectivity index (χ1n) is 6.94. The molecule has 0 aromatic heterocycles. The second-order valence-electron chi connectivity index (χ2n) is 4.91. The molecule has 0 spiro atoms. The van der Waals surface area contributed by atoms with Gasteiger partial charge in [0.25, 0.3) is 0 Å². The number of halogens is 2. The minimum Gasteiger partial charge on any atom is -0.383 e. The lowest BCUT2D eigenvalue weighted by Gasteiger charge is -2.36. The van der Waals surface area contributed by atoms with Crippen LogP contribution in [0.5, 0.6) is 0 Å². The molecule has 1 aromatic rings. The first-order valence-corrected chi connectivity index (χ1v) is 7.74. The summed E-state index contributed by atoms with van der Waals surface area (Å²) >= 11 is 3.24. The van der Waals surface area contributed by atoms with Gasteiger partial charge in [0.2, 0.25) is 0 Å². The highest BCUT2D eigenvalue weighted by Crippen LogP contribution is 2.26. The maximum absolute atomic E-state index is 13.4. The van der Waals surface area contributed by atoms with Crippen LogP contribution in [0.2, 0.25) is 0 Å². The normalized spacial score (nSPS) is 14.6. The SMILES string of the molecule is CCC(C)N(CCOC)C(CN)c1ccc(F)c(Br)c1. The molecule has 5 heteroatoms. The number of hydrogen-bond acceptors (Lipinski definition) is 3. The zero-order chi connectivity index (χ0) is 15.1. The molecule has 1 rings (SSSR count). The van der Waals surface area contributed by atoms with E-state index in [2.05, 4.69) is 34.7 Å². The van der Waals surface area contributed by atoms with Crippen molar-refractivity contribution in [2.24, 2.45) is 5.73 Å². The summed E-state index contributed by atoms with van der Waals surface area (Å²) in [4.78, 5) is 2.32. The van der Waals surface area contributed by atoms with Crippen molar-refractivity contribution in [3.05, 3.63) is 34.1 Å². The van der Waals surface area contributed by atoms with Crippen molar-refractivity contribution in [1.82, 2.24) is 4.90 Å². The number of ether oxygens (including phenoxy) is 1. The predicted molar refractivity (Wildman–Crippen MR) is 84.2 cm³/mol. The van der Waals surface area contributed by atoms with Gasteiger partial charge in [-0.1, -0.05) is 13.0 Å². The molecule has 2 atom stereocenters. The molecule has 0 radical (unpaired) electrons. The van der Waals surface area contributed by atoms with Crippen molar-refractivity contribution in [3.8, 4) is 0 Å². The Hall–Kier alpha value is -0.490. The van der Waals surface area contributed by atoms with E-state index in [9.17, 15) is 4.39 Å². The van der Waals surface area contributed by atoms with Gasteiger partial charge in [0, 0.05) is 32.3 Å². The molecule has 20 heavy (non-hydrogen) atoms. The average molecular weight is 347 g/mol. The van der Waals surface area contributed by atoms with Crippen molar-refractivity contribution in [2.45, 2.75) is 32.4 Å². The number of hydrogen-bond donors (Lipinski definition) is 1. The minimum absolute atomic E-state index is 0.0667. The Bertz CT molecular complexity index is 417. The molecule has 0 fully saturated rings. The fourth-order valence-electron chi connectivity index (χ4n) is 2.30. The standard InChI is InChI=1S/C15H24BrFN2O/c1-4-11(2)19(7-8-20-3)15(10-18)12-5-6-14(17)13(16)9-12/h5-6,9,11,15H,4,7-8,10,18H2,1-3H3. The molecule has 0 saturated carbocycles. The van der Waals surface area contributed by atoms with Crippen LogP contribution in [0.25, 0.3) is 0 Å². The van der Waals surface area contributed by atoms with Gasteiger partial charge in [0.1, 0.15) is 5.82 Å². The second kappa shape index (κ2) is 8.72. The largest absolute Gasteiger partial charge is 0.383 e. The third kappa shape index (κ3) is 4.52. The fraction of sp³-hybridized carbons (Fsp3) is 0.600. The van der Waals surface area contributed by atoms with E-state index in [1.165, 1.54) is 6.07 Å². The number of nitrogens with two attached hydrogens (primary N) is 1. The summed E-state index contributed by atoms with van der Waals surface area (Å²) in [6.45, 7) is 6.28. The molecular weight excluding hydrogens is 323 g/mol. The molecule has 0 aliphatic heterocycles. The molecule has 0 amide bonds. The Morgan fingerprint density at radius 2 is 2.15 bits per heavy atom. The van der Waals surface area contributed by atoms with Crippen LogP contribution in [-0.2, 0) is 4.74 Å². The monoisotopic (exact) mass is 346 g/mol. The highest BCUT2D eigenvalue weighted by molar-refractivity contribution is 9.10. The second-order valence-corrected chi connectivity index (χ2v) is 5.77. The summed E-state index contributed by atoms with van der Waals surface area (Å²) in [5.41, 5.74) is 6.99.